The molecule has 0 radical (unpaired) electrons. The minimum Gasteiger partial charge on any atom is -0.497 e. The normalized spacial score (nSPS) is 15.1. The zero-order valence-corrected chi connectivity index (χ0v) is 20.7. The van der Waals surface area contributed by atoms with E-state index in [1.54, 1.807) is 14.2 Å². The van der Waals surface area contributed by atoms with Crippen LogP contribution in [0.2, 0.25) is 0 Å². The first kappa shape index (κ1) is 24.4. The summed E-state index contributed by atoms with van der Waals surface area (Å²) in [6.07, 6.45) is 1.00. The molecule has 0 amide bonds. The molecule has 0 aromatic heterocycles. The number of hydrogen-bond donors (Lipinski definition) is 1. The Balaban J connectivity index is 1.40. The van der Waals surface area contributed by atoms with E-state index in [2.05, 4.69) is 15.1 Å². The predicted molar refractivity (Wildman–Crippen MR) is 134 cm³/mol. The van der Waals surface area contributed by atoms with E-state index in [-0.39, 0.29) is 6.79 Å². The molecule has 0 aliphatic carbocycles. The number of methoxy groups -OCH3 is 2. The fraction of sp³-hybridized carbons (Fsp3) is 0.480. The lowest BCUT2D eigenvalue weighted by atomic mass is 10.1. The molecule has 34 heavy (non-hydrogen) atoms. The van der Waals surface area contributed by atoms with Crippen LogP contribution < -0.4 is 24.3 Å². The van der Waals surface area contributed by atoms with E-state index in [0.717, 1.165) is 79.9 Å². The van der Waals surface area contributed by atoms with E-state index < -0.39 is 0 Å². The first-order valence-corrected chi connectivity index (χ1v) is 12.0. The molecule has 184 valence electrons. The Hall–Kier alpha value is -2.75. The first-order chi connectivity index (χ1) is 16.7. The fourth-order valence-corrected chi connectivity index (χ4v) is 4.32. The van der Waals surface area contributed by atoms with Gasteiger partial charge in [-0.15, -0.1) is 0 Å². The van der Waals surface area contributed by atoms with Gasteiger partial charge in [0.05, 0.1) is 27.4 Å². The minimum atomic E-state index is 0.269. The highest BCUT2D eigenvalue weighted by atomic mass is 32.1. The zero-order chi connectivity index (χ0) is 23.8. The number of benzene rings is 2. The molecule has 2 heterocycles. The molecular formula is C25H33N3O5S. The lowest BCUT2D eigenvalue weighted by Crippen LogP contribution is -2.42. The molecule has 1 fully saturated rings. The van der Waals surface area contributed by atoms with Crippen molar-refractivity contribution in [3.05, 3.63) is 47.5 Å². The van der Waals surface area contributed by atoms with Crippen LogP contribution in [-0.4, -0.2) is 75.3 Å². The molecule has 4 rings (SSSR count). The van der Waals surface area contributed by atoms with Crippen LogP contribution in [0.3, 0.4) is 0 Å². The molecule has 8 nitrogen and oxygen atoms in total. The van der Waals surface area contributed by atoms with Gasteiger partial charge in [-0.3, -0.25) is 4.90 Å². The first-order valence-electron chi connectivity index (χ1n) is 11.6. The van der Waals surface area contributed by atoms with Crippen LogP contribution in [0.4, 0.5) is 0 Å². The van der Waals surface area contributed by atoms with Crippen molar-refractivity contribution in [2.75, 3.05) is 60.4 Å². The van der Waals surface area contributed by atoms with Crippen molar-refractivity contribution in [2.45, 2.75) is 19.5 Å². The van der Waals surface area contributed by atoms with Gasteiger partial charge < -0.3 is 33.9 Å². The summed E-state index contributed by atoms with van der Waals surface area (Å²) in [6.45, 7) is 6.95. The number of rotatable bonds is 10. The van der Waals surface area contributed by atoms with Gasteiger partial charge in [0, 0.05) is 50.9 Å². The van der Waals surface area contributed by atoms with Gasteiger partial charge in [0.15, 0.2) is 16.6 Å². The minimum absolute atomic E-state index is 0.269. The van der Waals surface area contributed by atoms with E-state index in [4.69, 9.17) is 35.9 Å². The standard InChI is InChI=1S/C25H33N3O5S/c1-29-21-6-5-20(23(15-21)30-2)17-28(9-3-8-27-10-12-31-13-11-27)25(34)26-16-19-4-7-22-24(14-19)33-18-32-22/h4-7,14-15H,3,8-13,16-18H2,1-2H3,(H,26,34). The molecule has 2 aliphatic heterocycles. The predicted octanol–water partition coefficient (Wildman–Crippen LogP) is 3.03. The van der Waals surface area contributed by atoms with Crippen molar-refractivity contribution in [1.82, 2.24) is 15.1 Å². The molecule has 2 aromatic carbocycles. The van der Waals surface area contributed by atoms with Gasteiger partial charge >= 0.3 is 0 Å². The van der Waals surface area contributed by atoms with Crippen LogP contribution >= 0.6 is 12.2 Å². The maximum Gasteiger partial charge on any atom is 0.231 e. The Morgan fingerprint density at radius 2 is 1.88 bits per heavy atom. The third-order valence-corrected chi connectivity index (χ3v) is 6.43. The second kappa shape index (κ2) is 12.1. The van der Waals surface area contributed by atoms with Gasteiger partial charge in [-0.05, 0) is 48.5 Å². The molecule has 1 N–H and O–H groups in total. The monoisotopic (exact) mass is 487 g/mol. The van der Waals surface area contributed by atoms with Crippen molar-refractivity contribution in [3.8, 4) is 23.0 Å². The van der Waals surface area contributed by atoms with Crippen LogP contribution in [0.25, 0.3) is 0 Å². The van der Waals surface area contributed by atoms with E-state index in [1.807, 2.05) is 36.4 Å². The van der Waals surface area contributed by atoms with Gasteiger partial charge in [0.25, 0.3) is 0 Å². The third-order valence-electron chi connectivity index (χ3n) is 6.03. The third kappa shape index (κ3) is 6.43. The maximum absolute atomic E-state index is 5.83. The highest BCUT2D eigenvalue weighted by Gasteiger charge is 2.17. The molecule has 0 unspecified atom stereocenters. The molecule has 9 heteroatoms. The summed E-state index contributed by atoms with van der Waals surface area (Å²) in [7, 11) is 3.33. The average molecular weight is 488 g/mol. The van der Waals surface area contributed by atoms with Crippen LogP contribution in [0.1, 0.15) is 17.5 Å². The number of thiocarbonyl (C=S) groups is 1. The van der Waals surface area contributed by atoms with Crippen LogP contribution in [0.5, 0.6) is 23.0 Å². The SMILES string of the molecule is COc1ccc(CN(CCCN2CCOCC2)C(=S)NCc2ccc3c(c2)OCO3)c(OC)c1. The largest absolute Gasteiger partial charge is 0.497 e. The Bertz CT molecular complexity index is 968. The van der Waals surface area contributed by atoms with Crippen molar-refractivity contribution >= 4 is 17.3 Å². The summed E-state index contributed by atoms with van der Waals surface area (Å²) in [5, 5.41) is 4.13. The molecule has 0 saturated carbocycles. The number of morpholine rings is 1. The lowest BCUT2D eigenvalue weighted by molar-refractivity contribution is 0.0367. The highest BCUT2D eigenvalue weighted by Crippen LogP contribution is 2.32. The summed E-state index contributed by atoms with van der Waals surface area (Å²) in [4.78, 5) is 4.64. The van der Waals surface area contributed by atoms with Crippen LogP contribution in [-0.2, 0) is 17.8 Å². The van der Waals surface area contributed by atoms with E-state index in [9.17, 15) is 0 Å². The van der Waals surface area contributed by atoms with Gasteiger partial charge in [0.2, 0.25) is 6.79 Å². The Kier molecular flexibility index (Phi) is 8.67. The van der Waals surface area contributed by atoms with Crippen molar-refractivity contribution in [3.63, 3.8) is 0 Å². The lowest BCUT2D eigenvalue weighted by Gasteiger charge is -2.30. The quantitative estimate of drug-likeness (QED) is 0.510. The smallest absolute Gasteiger partial charge is 0.231 e. The number of fused-ring (bicyclic) bond motifs is 1. The molecule has 0 spiro atoms. The number of hydrogen-bond acceptors (Lipinski definition) is 7. The fourth-order valence-electron chi connectivity index (χ4n) is 4.09. The number of ether oxygens (including phenoxy) is 5. The van der Waals surface area contributed by atoms with Gasteiger partial charge in [-0.1, -0.05) is 6.07 Å². The van der Waals surface area contributed by atoms with E-state index >= 15 is 0 Å². The summed E-state index contributed by atoms with van der Waals surface area (Å²) in [5.74, 6) is 3.11. The van der Waals surface area contributed by atoms with Gasteiger partial charge in [0.1, 0.15) is 11.5 Å². The second-order valence-electron chi connectivity index (χ2n) is 8.25. The molecular weight excluding hydrogens is 454 g/mol. The summed E-state index contributed by atoms with van der Waals surface area (Å²) < 4.78 is 27.3. The molecule has 2 aromatic rings. The second-order valence-corrected chi connectivity index (χ2v) is 8.64. The Morgan fingerprint density at radius 1 is 1.06 bits per heavy atom. The topological polar surface area (TPSA) is 64.7 Å². The summed E-state index contributed by atoms with van der Waals surface area (Å²) >= 11 is 5.83. The number of nitrogens with zero attached hydrogens (tertiary/aromatic N) is 2. The van der Waals surface area contributed by atoms with Crippen LogP contribution in [0, 0.1) is 0 Å². The molecule has 0 bridgehead atoms. The van der Waals surface area contributed by atoms with Gasteiger partial charge in [-0.2, -0.15) is 0 Å². The van der Waals surface area contributed by atoms with Crippen molar-refractivity contribution in [2.24, 2.45) is 0 Å². The molecule has 2 aliphatic rings. The average Bonchev–Trinajstić information content (AvgIpc) is 3.35. The summed E-state index contributed by atoms with van der Waals surface area (Å²) in [6, 6.07) is 11.8. The number of nitrogens with one attached hydrogen (secondary N) is 1. The maximum atomic E-state index is 5.83. The van der Waals surface area contributed by atoms with Gasteiger partial charge in [-0.25, -0.2) is 0 Å². The summed E-state index contributed by atoms with van der Waals surface area (Å²) in [5.41, 5.74) is 2.14. The highest BCUT2D eigenvalue weighted by molar-refractivity contribution is 7.80. The van der Waals surface area contributed by atoms with E-state index in [1.165, 1.54) is 0 Å². The van der Waals surface area contributed by atoms with Crippen LogP contribution in [0.15, 0.2) is 36.4 Å². The van der Waals surface area contributed by atoms with E-state index in [0.29, 0.717) is 18.2 Å². The van der Waals surface area contributed by atoms with Crippen molar-refractivity contribution < 1.29 is 23.7 Å². The molecule has 1 saturated heterocycles. The Morgan fingerprint density at radius 3 is 2.68 bits per heavy atom. The Labute approximate surface area is 206 Å². The van der Waals surface area contributed by atoms with Crippen molar-refractivity contribution in [1.29, 1.82) is 0 Å². The molecule has 0 atom stereocenters. The zero-order valence-electron chi connectivity index (χ0n) is 19.9.